The van der Waals surface area contributed by atoms with Crippen LogP contribution in [0.2, 0.25) is 0 Å². The molecular weight excluding hydrogens is 250 g/mol. The van der Waals surface area contributed by atoms with E-state index in [1.54, 1.807) is 0 Å². The average molecular weight is 279 g/mol. The van der Waals surface area contributed by atoms with Crippen molar-refractivity contribution in [1.29, 1.82) is 0 Å². The third kappa shape index (κ3) is 9.92. The van der Waals surface area contributed by atoms with Gasteiger partial charge in [0, 0.05) is 32.8 Å². The summed E-state index contributed by atoms with van der Waals surface area (Å²) in [5.41, 5.74) is 1.24. The van der Waals surface area contributed by atoms with E-state index in [0.717, 1.165) is 52.3 Å². The molecule has 0 heterocycles. The first-order valence-corrected chi connectivity index (χ1v) is 7.67. The fraction of sp³-hybridized carbons (Fsp3) is 0.625. The molecule has 0 saturated carbocycles. The lowest BCUT2D eigenvalue weighted by molar-refractivity contribution is 0.118. The molecule has 0 aromatic heterocycles. The highest BCUT2D eigenvalue weighted by Gasteiger charge is 1.92. The molecule has 0 aliphatic rings. The molecule has 0 atom stereocenters. The van der Waals surface area contributed by atoms with E-state index in [-0.39, 0.29) is 0 Å². The van der Waals surface area contributed by atoms with Crippen molar-refractivity contribution in [1.82, 2.24) is 16.0 Å². The van der Waals surface area contributed by atoms with Crippen LogP contribution in [0.3, 0.4) is 0 Å². The van der Waals surface area contributed by atoms with Crippen molar-refractivity contribution in [2.45, 2.75) is 20.0 Å². The lowest BCUT2D eigenvalue weighted by Crippen LogP contribution is -2.33. The van der Waals surface area contributed by atoms with Gasteiger partial charge in [0.1, 0.15) is 0 Å². The number of nitrogens with one attached hydrogen (secondary N) is 3. The molecule has 3 N–H and O–H groups in total. The van der Waals surface area contributed by atoms with Crippen LogP contribution in [-0.4, -0.2) is 45.9 Å². The fourth-order valence-electron chi connectivity index (χ4n) is 1.84. The SMILES string of the molecule is CCNCCNCCNCCCOCc1ccccc1. The number of likely N-dealkylation sites (N-methyl/N-ethyl adjacent to an activating group) is 1. The maximum absolute atomic E-state index is 5.63. The Morgan fingerprint density at radius 1 is 0.850 bits per heavy atom. The van der Waals surface area contributed by atoms with Gasteiger partial charge in [-0.25, -0.2) is 0 Å². The van der Waals surface area contributed by atoms with Crippen molar-refractivity contribution in [3.05, 3.63) is 35.9 Å². The molecule has 1 rings (SSSR count). The van der Waals surface area contributed by atoms with Crippen molar-refractivity contribution in [3.8, 4) is 0 Å². The predicted octanol–water partition coefficient (Wildman–Crippen LogP) is 1.38. The van der Waals surface area contributed by atoms with Crippen LogP contribution in [0.15, 0.2) is 30.3 Å². The first kappa shape index (κ1) is 17.1. The Morgan fingerprint density at radius 3 is 2.20 bits per heavy atom. The van der Waals surface area contributed by atoms with E-state index >= 15 is 0 Å². The molecule has 0 unspecified atom stereocenters. The second kappa shape index (κ2) is 13.1. The topological polar surface area (TPSA) is 45.3 Å². The van der Waals surface area contributed by atoms with Crippen LogP contribution < -0.4 is 16.0 Å². The number of rotatable bonds is 13. The zero-order valence-corrected chi connectivity index (χ0v) is 12.7. The summed E-state index contributed by atoms with van der Waals surface area (Å²) in [7, 11) is 0. The van der Waals surface area contributed by atoms with Gasteiger partial charge in [0.25, 0.3) is 0 Å². The zero-order chi connectivity index (χ0) is 14.3. The summed E-state index contributed by atoms with van der Waals surface area (Å²) in [6, 6.07) is 10.3. The molecular formula is C16H29N3O. The molecule has 0 saturated heterocycles. The van der Waals surface area contributed by atoms with Crippen LogP contribution >= 0.6 is 0 Å². The molecule has 20 heavy (non-hydrogen) atoms. The molecule has 114 valence electrons. The molecule has 0 radical (unpaired) electrons. The van der Waals surface area contributed by atoms with Crippen molar-refractivity contribution >= 4 is 0 Å². The average Bonchev–Trinajstić information content (AvgIpc) is 2.49. The summed E-state index contributed by atoms with van der Waals surface area (Å²) >= 11 is 0. The number of ether oxygens (including phenoxy) is 1. The van der Waals surface area contributed by atoms with Gasteiger partial charge in [0.15, 0.2) is 0 Å². The Hall–Kier alpha value is -0.940. The summed E-state index contributed by atoms with van der Waals surface area (Å²) in [5.74, 6) is 0. The summed E-state index contributed by atoms with van der Waals surface area (Å²) in [4.78, 5) is 0. The van der Waals surface area contributed by atoms with Crippen molar-refractivity contribution in [2.75, 3.05) is 45.9 Å². The van der Waals surface area contributed by atoms with Gasteiger partial charge in [-0.2, -0.15) is 0 Å². The number of hydrogen-bond donors (Lipinski definition) is 3. The van der Waals surface area contributed by atoms with Gasteiger partial charge in [-0.3, -0.25) is 0 Å². The van der Waals surface area contributed by atoms with E-state index in [2.05, 4.69) is 35.0 Å². The molecule has 4 heteroatoms. The highest BCUT2D eigenvalue weighted by molar-refractivity contribution is 5.13. The van der Waals surface area contributed by atoms with Gasteiger partial charge in [0.2, 0.25) is 0 Å². The van der Waals surface area contributed by atoms with Crippen molar-refractivity contribution in [2.24, 2.45) is 0 Å². The van der Waals surface area contributed by atoms with Gasteiger partial charge < -0.3 is 20.7 Å². The van der Waals surface area contributed by atoms with Gasteiger partial charge in [-0.1, -0.05) is 37.3 Å². The second-order valence-corrected chi connectivity index (χ2v) is 4.75. The maximum atomic E-state index is 5.63. The van der Waals surface area contributed by atoms with Gasteiger partial charge >= 0.3 is 0 Å². The quantitative estimate of drug-likeness (QED) is 0.477. The van der Waals surface area contributed by atoms with Crippen LogP contribution in [0.25, 0.3) is 0 Å². The highest BCUT2D eigenvalue weighted by Crippen LogP contribution is 2.00. The Kier molecular flexibility index (Phi) is 11.2. The van der Waals surface area contributed by atoms with Crippen molar-refractivity contribution < 1.29 is 4.74 Å². The summed E-state index contributed by atoms with van der Waals surface area (Å²) in [6.45, 7) is 9.84. The van der Waals surface area contributed by atoms with E-state index in [0.29, 0.717) is 6.61 Å². The van der Waals surface area contributed by atoms with Crippen LogP contribution in [0.5, 0.6) is 0 Å². The van der Waals surface area contributed by atoms with E-state index in [4.69, 9.17) is 4.74 Å². The van der Waals surface area contributed by atoms with Gasteiger partial charge in [0.05, 0.1) is 6.61 Å². The third-order valence-corrected chi connectivity index (χ3v) is 2.96. The van der Waals surface area contributed by atoms with E-state index in [1.807, 2.05) is 18.2 Å². The molecule has 0 bridgehead atoms. The summed E-state index contributed by atoms with van der Waals surface area (Å²) in [6.07, 6.45) is 1.06. The minimum Gasteiger partial charge on any atom is -0.377 e. The number of hydrogen-bond acceptors (Lipinski definition) is 4. The molecule has 1 aromatic carbocycles. The van der Waals surface area contributed by atoms with Crippen LogP contribution in [0.4, 0.5) is 0 Å². The Balaban J connectivity index is 1.77. The first-order chi connectivity index (χ1) is 9.93. The van der Waals surface area contributed by atoms with Crippen LogP contribution in [0, 0.1) is 0 Å². The predicted molar refractivity (Wildman–Crippen MR) is 85.0 cm³/mol. The van der Waals surface area contributed by atoms with E-state index in [9.17, 15) is 0 Å². The lowest BCUT2D eigenvalue weighted by atomic mass is 10.2. The monoisotopic (exact) mass is 279 g/mol. The molecule has 0 amide bonds. The van der Waals surface area contributed by atoms with Gasteiger partial charge in [-0.15, -0.1) is 0 Å². The zero-order valence-electron chi connectivity index (χ0n) is 12.7. The normalized spacial score (nSPS) is 10.8. The van der Waals surface area contributed by atoms with Crippen LogP contribution in [0.1, 0.15) is 18.9 Å². The molecule has 0 aliphatic heterocycles. The summed E-state index contributed by atoms with van der Waals surface area (Å²) in [5, 5.41) is 10.1. The maximum Gasteiger partial charge on any atom is 0.0716 e. The fourth-order valence-corrected chi connectivity index (χ4v) is 1.84. The Bertz CT molecular complexity index is 306. The molecule has 0 aliphatic carbocycles. The minimum absolute atomic E-state index is 0.715. The van der Waals surface area contributed by atoms with Crippen LogP contribution in [-0.2, 0) is 11.3 Å². The van der Waals surface area contributed by atoms with Gasteiger partial charge in [-0.05, 0) is 25.1 Å². The number of benzene rings is 1. The molecule has 0 fully saturated rings. The smallest absolute Gasteiger partial charge is 0.0716 e. The molecule has 1 aromatic rings. The molecule has 4 nitrogen and oxygen atoms in total. The largest absolute Gasteiger partial charge is 0.377 e. The van der Waals surface area contributed by atoms with E-state index in [1.165, 1.54) is 5.56 Å². The summed E-state index contributed by atoms with van der Waals surface area (Å²) < 4.78 is 5.63. The highest BCUT2D eigenvalue weighted by atomic mass is 16.5. The Morgan fingerprint density at radius 2 is 1.50 bits per heavy atom. The Labute approximate surface area is 123 Å². The van der Waals surface area contributed by atoms with E-state index < -0.39 is 0 Å². The van der Waals surface area contributed by atoms with Crippen molar-refractivity contribution in [3.63, 3.8) is 0 Å². The first-order valence-electron chi connectivity index (χ1n) is 7.67. The second-order valence-electron chi connectivity index (χ2n) is 4.75. The third-order valence-electron chi connectivity index (χ3n) is 2.96. The standard InChI is InChI=1S/C16H29N3O/c1-2-17-10-11-19-13-12-18-9-6-14-20-15-16-7-4-3-5-8-16/h3-5,7-8,17-19H,2,6,9-15H2,1H3. The molecule has 0 spiro atoms. The minimum atomic E-state index is 0.715. The lowest BCUT2D eigenvalue weighted by Gasteiger charge is -2.07.